The molecule has 0 heterocycles. The average Bonchev–Trinajstić information content (AvgIpc) is 2.71. The number of ether oxygens (including phenoxy) is 2. The Balaban J connectivity index is 5.83. The number of hydrogen-bond acceptors (Lipinski definition) is 5. The van der Waals surface area contributed by atoms with E-state index in [2.05, 4.69) is 59.9 Å². The standard InChI is InChI=1S/C27H52O5Si/c1-12-15-16-20(4)26(30-9)21(5)24(32-33(10,11)27(6,7)8)19-23(28)22(13-2)17-18-25(29)31-14-3/h12,15,17-18,20-24,26,28H,13-14,16,19H2,1-11H3/b15-12+,18-17+/t20-,21-,22+,23+,24+,26+/m0/s1. The van der Waals surface area contributed by atoms with Gasteiger partial charge in [-0.25, -0.2) is 4.79 Å². The summed E-state index contributed by atoms with van der Waals surface area (Å²) in [6.07, 6.45) is 8.86. The van der Waals surface area contributed by atoms with Gasteiger partial charge in [0.05, 0.1) is 24.9 Å². The maximum absolute atomic E-state index is 11.8. The molecule has 0 saturated heterocycles. The van der Waals surface area contributed by atoms with Crippen molar-refractivity contribution in [3.63, 3.8) is 0 Å². The zero-order valence-corrected chi connectivity index (χ0v) is 24.2. The number of carbonyl (C=O) groups excluding carboxylic acids is 1. The first kappa shape index (κ1) is 32.0. The minimum atomic E-state index is -2.08. The zero-order chi connectivity index (χ0) is 25.8. The molecule has 0 radical (unpaired) electrons. The predicted molar refractivity (Wildman–Crippen MR) is 141 cm³/mol. The molecule has 0 spiro atoms. The van der Waals surface area contributed by atoms with Gasteiger partial charge in [0, 0.05) is 25.0 Å². The van der Waals surface area contributed by atoms with E-state index in [9.17, 15) is 9.90 Å². The molecule has 5 nitrogen and oxygen atoms in total. The van der Waals surface area contributed by atoms with Crippen molar-refractivity contribution in [2.45, 2.75) is 111 Å². The molecule has 1 N–H and O–H groups in total. The topological polar surface area (TPSA) is 65.0 Å². The summed E-state index contributed by atoms with van der Waals surface area (Å²) in [6, 6.07) is 0. The fraction of sp³-hybridized carbons (Fsp3) is 0.815. The lowest BCUT2D eigenvalue weighted by molar-refractivity contribution is -0.137. The lowest BCUT2D eigenvalue weighted by Crippen LogP contribution is -2.49. The number of esters is 1. The van der Waals surface area contributed by atoms with Crippen LogP contribution in [0.5, 0.6) is 0 Å². The summed E-state index contributed by atoms with van der Waals surface area (Å²) in [7, 11) is -0.313. The average molecular weight is 485 g/mol. The molecule has 0 rings (SSSR count). The summed E-state index contributed by atoms with van der Waals surface area (Å²) in [5.74, 6) is -0.0866. The number of aliphatic hydroxyl groups excluding tert-OH is 1. The molecule has 33 heavy (non-hydrogen) atoms. The van der Waals surface area contributed by atoms with Gasteiger partial charge in [-0.05, 0) is 57.2 Å². The van der Waals surface area contributed by atoms with Crippen LogP contribution in [0, 0.1) is 17.8 Å². The van der Waals surface area contributed by atoms with Gasteiger partial charge in [-0.3, -0.25) is 0 Å². The smallest absolute Gasteiger partial charge is 0.330 e. The second-order valence-electron chi connectivity index (χ2n) is 10.7. The van der Waals surface area contributed by atoms with E-state index in [1.807, 2.05) is 13.8 Å². The first-order valence-electron chi connectivity index (χ1n) is 12.6. The molecule has 194 valence electrons. The van der Waals surface area contributed by atoms with Crippen LogP contribution < -0.4 is 0 Å². The number of carbonyl (C=O) groups is 1. The highest BCUT2D eigenvalue weighted by Crippen LogP contribution is 2.40. The normalized spacial score (nSPS) is 18.8. The van der Waals surface area contributed by atoms with Crippen LogP contribution in [-0.4, -0.2) is 51.4 Å². The quantitative estimate of drug-likeness (QED) is 0.124. The molecule has 0 unspecified atom stereocenters. The Morgan fingerprint density at radius 3 is 2.21 bits per heavy atom. The van der Waals surface area contributed by atoms with Crippen molar-refractivity contribution in [1.82, 2.24) is 0 Å². The number of allylic oxidation sites excluding steroid dienone is 2. The van der Waals surface area contributed by atoms with E-state index in [1.54, 1.807) is 20.1 Å². The Morgan fingerprint density at radius 1 is 1.15 bits per heavy atom. The van der Waals surface area contributed by atoms with Crippen molar-refractivity contribution < 1.29 is 23.8 Å². The number of hydrogen-bond donors (Lipinski definition) is 1. The van der Waals surface area contributed by atoms with E-state index in [0.29, 0.717) is 18.9 Å². The van der Waals surface area contributed by atoms with Crippen LogP contribution in [0.1, 0.15) is 74.7 Å². The van der Waals surface area contributed by atoms with Gasteiger partial charge < -0.3 is 19.0 Å². The first-order chi connectivity index (χ1) is 15.2. The molecule has 0 aromatic heterocycles. The van der Waals surface area contributed by atoms with Crippen LogP contribution in [0.15, 0.2) is 24.3 Å². The lowest BCUT2D eigenvalue weighted by atomic mass is 9.83. The third-order valence-corrected chi connectivity index (χ3v) is 11.6. The third-order valence-electron chi connectivity index (χ3n) is 7.14. The summed E-state index contributed by atoms with van der Waals surface area (Å²) in [6.45, 7) is 21.8. The summed E-state index contributed by atoms with van der Waals surface area (Å²) in [5, 5.41) is 11.2. The van der Waals surface area contributed by atoms with Crippen molar-refractivity contribution in [1.29, 1.82) is 0 Å². The highest BCUT2D eigenvalue weighted by atomic mass is 28.4. The summed E-state index contributed by atoms with van der Waals surface area (Å²) < 4.78 is 17.9. The number of aliphatic hydroxyl groups is 1. The highest BCUT2D eigenvalue weighted by Gasteiger charge is 2.42. The van der Waals surface area contributed by atoms with Gasteiger partial charge in [0.15, 0.2) is 8.32 Å². The fourth-order valence-corrected chi connectivity index (χ4v) is 5.35. The Morgan fingerprint density at radius 2 is 1.76 bits per heavy atom. The predicted octanol–water partition coefficient (Wildman–Crippen LogP) is 6.53. The first-order valence-corrected chi connectivity index (χ1v) is 15.5. The van der Waals surface area contributed by atoms with E-state index in [4.69, 9.17) is 13.9 Å². The van der Waals surface area contributed by atoms with Crippen molar-refractivity contribution in [3.8, 4) is 0 Å². The second-order valence-corrected chi connectivity index (χ2v) is 15.5. The molecule has 6 atom stereocenters. The van der Waals surface area contributed by atoms with E-state index >= 15 is 0 Å². The molecule has 0 bridgehead atoms. The molecule has 6 heteroatoms. The monoisotopic (exact) mass is 484 g/mol. The van der Waals surface area contributed by atoms with Crippen LogP contribution in [0.2, 0.25) is 18.1 Å². The van der Waals surface area contributed by atoms with Gasteiger partial charge in [-0.1, -0.05) is 59.8 Å². The van der Waals surface area contributed by atoms with E-state index in [-0.39, 0.29) is 35.1 Å². The van der Waals surface area contributed by atoms with Gasteiger partial charge >= 0.3 is 5.97 Å². The van der Waals surface area contributed by atoms with E-state index in [1.165, 1.54) is 6.08 Å². The van der Waals surface area contributed by atoms with Crippen molar-refractivity contribution >= 4 is 14.3 Å². The molecule has 0 aromatic rings. The zero-order valence-electron chi connectivity index (χ0n) is 23.2. The van der Waals surface area contributed by atoms with Crippen molar-refractivity contribution in [2.75, 3.05) is 13.7 Å². The SMILES string of the molecule is C/C=C/C[C@H](C)[C@@H](OC)[C@@H](C)[C@@H](C[C@@H](O)[C@@H](/C=C/C(=O)OCC)CC)O[Si](C)(C)C(C)(C)C. The molecule has 0 aliphatic carbocycles. The van der Waals surface area contributed by atoms with Crippen LogP contribution in [0.3, 0.4) is 0 Å². The van der Waals surface area contributed by atoms with Crippen LogP contribution in [-0.2, 0) is 18.7 Å². The van der Waals surface area contributed by atoms with Crippen LogP contribution >= 0.6 is 0 Å². The Kier molecular flexibility index (Phi) is 14.7. The van der Waals surface area contributed by atoms with Crippen molar-refractivity contribution in [2.24, 2.45) is 17.8 Å². The molecule has 0 fully saturated rings. The molecule has 0 aliphatic rings. The Bertz CT molecular complexity index is 608. The summed E-state index contributed by atoms with van der Waals surface area (Å²) in [5.41, 5.74) is 0. The number of rotatable bonds is 15. The molecule has 0 aliphatic heterocycles. The summed E-state index contributed by atoms with van der Waals surface area (Å²) >= 11 is 0. The second kappa shape index (κ2) is 15.1. The molecule has 0 aromatic carbocycles. The maximum Gasteiger partial charge on any atom is 0.330 e. The van der Waals surface area contributed by atoms with Gasteiger partial charge in [0.1, 0.15) is 0 Å². The minimum absolute atomic E-state index is 0.0123. The van der Waals surface area contributed by atoms with Gasteiger partial charge in [-0.2, -0.15) is 0 Å². The fourth-order valence-electron chi connectivity index (χ4n) is 3.93. The van der Waals surface area contributed by atoms with E-state index in [0.717, 1.165) is 12.8 Å². The summed E-state index contributed by atoms with van der Waals surface area (Å²) in [4.78, 5) is 11.8. The van der Waals surface area contributed by atoms with Gasteiger partial charge in [-0.15, -0.1) is 0 Å². The van der Waals surface area contributed by atoms with Crippen LogP contribution in [0.4, 0.5) is 0 Å². The number of methoxy groups -OCH3 is 1. The Labute approximate surface area is 205 Å². The third kappa shape index (κ3) is 10.9. The van der Waals surface area contributed by atoms with Gasteiger partial charge in [0.2, 0.25) is 0 Å². The van der Waals surface area contributed by atoms with Crippen molar-refractivity contribution in [3.05, 3.63) is 24.3 Å². The largest absolute Gasteiger partial charge is 0.463 e. The molecular formula is C27H52O5Si. The minimum Gasteiger partial charge on any atom is -0.463 e. The molecule has 0 saturated carbocycles. The van der Waals surface area contributed by atoms with Gasteiger partial charge in [0.25, 0.3) is 0 Å². The highest BCUT2D eigenvalue weighted by molar-refractivity contribution is 6.74. The van der Waals surface area contributed by atoms with Crippen LogP contribution in [0.25, 0.3) is 0 Å². The molecular weight excluding hydrogens is 432 g/mol. The Hall–Kier alpha value is -0.953. The molecule has 0 amide bonds. The lowest BCUT2D eigenvalue weighted by Gasteiger charge is -2.43. The van der Waals surface area contributed by atoms with E-state index < -0.39 is 14.4 Å². The maximum atomic E-state index is 11.8.